The summed E-state index contributed by atoms with van der Waals surface area (Å²) in [4.78, 5) is 32.2. The molecular weight excluding hydrogens is 242 g/mol. The lowest BCUT2D eigenvalue weighted by Gasteiger charge is -2.12. The third-order valence-electron chi connectivity index (χ3n) is 2.13. The number of aliphatic carboxylic acids is 1. The van der Waals surface area contributed by atoms with Crippen LogP contribution >= 0.6 is 0 Å². The SMILES string of the molecule is CCCC(CNC(=O)NCCOC(N)=O)C(=O)O. The molecule has 0 aliphatic rings. The summed E-state index contributed by atoms with van der Waals surface area (Å²) in [5.41, 5.74) is 4.72. The minimum absolute atomic E-state index is 0.0277. The number of carbonyl (C=O) groups is 3. The first-order chi connectivity index (χ1) is 8.47. The highest BCUT2D eigenvalue weighted by molar-refractivity contribution is 5.75. The van der Waals surface area contributed by atoms with Crippen LogP contribution in [0.4, 0.5) is 9.59 Å². The van der Waals surface area contributed by atoms with Gasteiger partial charge in [0, 0.05) is 6.54 Å². The number of hydrogen-bond acceptors (Lipinski definition) is 4. The first kappa shape index (κ1) is 16.0. The third-order valence-corrected chi connectivity index (χ3v) is 2.13. The molecule has 0 aromatic carbocycles. The Morgan fingerprint density at radius 1 is 1.33 bits per heavy atom. The van der Waals surface area contributed by atoms with Crippen molar-refractivity contribution in [2.45, 2.75) is 19.8 Å². The van der Waals surface area contributed by atoms with Gasteiger partial charge in [-0.2, -0.15) is 0 Å². The molecule has 1 atom stereocenters. The number of ether oxygens (including phenoxy) is 1. The average Bonchev–Trinajstić information content (AvgIpc) is 2.29. The molecule has 0 fully saturated rings. The Bertz CT molecular complexity index is 295. The van der Waals surface area contributed by atoms with E-state index >= 15 is 0 Å². The average molecular weight is 261 g/mol. The van der Waals surface area contributed by atoms with Crippen molar-refractivity contribution in [2.24, 2.45) is 11.7 Å². The molecule has 18 heavy (non-hydrogen) atoms. The van der Waals surface area contributed by atoms with Crippen molar-refractivity contribution in [3.63, 3.8) is 0 Å². The maximum Gasteiger partial charge on any atom is 0.404 e. The first-order valence-corrected chi connectivity index (χ1v) is 5.64. The molecule has 0 radical (unpaired) electrons. The second-order valence-electron chi connectivity index (χ2n) is 3.63. The van der Waals surface area contributed by atoms with E-state index in [1.807, 2.05) is 6.92 Å². The number of nitrogens with two attached hydrogens (primary N) is 1. The molecule has 0 bridgehead atoms. The summed E-state index contributed by atoms with van der Waals surface area (Å²) in [7, 11) is 0. The van der Waals surface area contributed by atoms with E-state index in [2.05, 4.69) is 15.4 Å². The zero-order valence-electron chi connectivity index (χ0n) is 10.3. The summed E-state index contributed by atoms with van der Waals surface area (Å²) >= 11 is 0. The van der Waals surface area contributed by atoms with Crippen LogP contribution in [-0.4, -0.2) is 42.9 Å². The second kappa shape index (κ2) is 9.08. The van der Waals surface area contributed by atoms with Gasteiger partial charge in [-0.25, -0.2) is 9.59 Å². The van der Waals surface area contributed by atoms with Crippen LogP contribution in [0.25, 0.3) is 0 Å². The Hall–Kier alpha value is -1.99. The Labute approximate surface area is 105 Å². The standard InChI is InChI=1S/C10H19N3O5/c1-2-3-7(8(14)15)6-13-10(17)12-4-5-18-9(11)16/h7H,2-6H2,1H3,(H2,11,16)(H,14,15)(H2,12,13,17). The summed E-state index contributed by atoms with van der Waals surface area (Å²) in [5, 5.41) is 13.7. The van der Waals surface area contributed by atoms with Gasteiger partial charge in [-0.3, -0.25) is 4.79 Å². The van der Waals surface area contributed by atoms with E-state index in [9.17, 15) is 14.4 Å². The highest BCUT2D eigenvalue weighted by Gasteiger charge is 2.16. The lowest BCUT2D eigenvalue weighted by Crippen LogP contribution is -2.41. The Kier molecular flexibility index (Phi) is 8.08. The molecule has 0 aromatic rings. The fourth-order valence-electron chi connectivity index (χ4n) is 1.26. The zero-order valence-corrected chi connectivity index (χ0v) is 10.3. The van der Waals surface area contributed by atoms with Gasteiger partial charge in [0.1, 0.15) is 6.61 Å². The molecule has 104 valence electrons. The number of primary amides is 1. The van der Waals surface area contributed by atoms with Gasteiger partial charge in [-0.15, -0.1) is 0 Å². The largest absolute Gasteiger partial charge is 0.481 e. The number of nitrogens with one attached hydrogen (secondary N) is 2. The molecule has 0 aliphatic carbocycles. The van der Waals surface area contributed by atoms with E-state index in [1.54, 1.807) is 0 Å². The highest BCUT2D eigenvalue weighted by atomic mass is 16.5. The van der Waals surface area contributed by atoms with Gasteiger partial charge < -0.3 is 26.2 Å². The summed E-state index contributed by atoms with van der Waals surface area (Å²) in [6, 6.07) is -0.509. The monoisotopic (exact) mass is 261 g/mol. The van der Waals surface area contributed by atoms with Crippen molar-refractivity contribution >= 4 is 18.1 Å². The maximum atomic E-state index is 11.2. The second-order valence-corrected chi connectivity index (χ2v) is 3.63. The van der Waals surface area contributed by atoms with Gasteiger partial charge in [0.2, 0.25) is 0 Å². The van der Waals surface area contributed by atoms with Crippen molar-refractivity contribution < 1.29 is 24.2 Å². The van der Waals surface area contributed by atoms with Crippen molar-refractivity contribution in [2.75, 3.05) is 19.7 Å². The van der Waals surface area contributed by atoms with Crippen molar-refractivity contribution in [3.05, 3.63) is 0 Å². The van der Waals surface area contributed by atoms with Gasteiger partial charge in [0.05, 0.1) is 12.5 Å². The van der Waals surface area contributed by atoms with Gasteiger partial charge >= 0.3 is 18.1 Å². The quantitative estimate of drug-likeness (QED) is 0.452. The maximum absolute atomic E-state index is 11.2. The minimum Gasteiger partial charge on any atom is -0.481 e. The number of amides is 3. The molecule has 1 unspecified atom stereocenters. The van der Waals surface area contributed by atoms with Crippen LogP contribution in [0.2, 0.25) is 0 Å². The smallest absolute Gasteiger partial charge is 0.404 e. The molecule has 0 saturated heterocycles. The Morgan fingerprint density at radius 2 is 2.00 bits per heavy atom. The van der Waals surface area contributed by atoms with Crippen LogP contribution in [-0.2, 0) is 9.53 Å². The molecule has 0 saturated carbocycles. The van der Waals surface area contributed by atoms with Gasteiger partial charge in [-0.05, 0) is 6.42 Å². The summed E-state index contributed by atoms with van der Waals surface area (Å²) in [5.74, 6) is -1.53. The highest BCUT2D eigenvalue weighted by Crippen LogP contribution is 2.04. The van der Waals surface area contributed by atoms with Crippen molar-refractivity contribution in [1.29, 1.82) is 0 Å². The van der Waals surface area contributed by atoms with Crippen LogP contribution in [0.5, 0.6) is 0 Å². The summed E-state index contributed by atoms with van der Waals surface area (Å²) < 4.78 is 4.40. The number of rotatable bonds is 8. The minimum atomic E-state index is -0.936. The number of carboxylic acids is 1. The van der Waals surface area contributed by atoms with Crippen LogP contribution in [0.15, 0.2) is 0 Å². The van der Waals surface area contributed by atoms with Crippen LogP contribution in [0, 0.1) is 5.92 Å². The molecule has 8 heteroatoms. The van der Waals surface area contributed by atoms with Crippen molar-refractivity contribution in [3.8, 4) is 0 Å². The zero-order chi connectivity index (χ0) is 14.0. The molecule has 0 rings (SSSR count). The van der Waals surface area contributed by atoms with Crippen LogP contribution in [0.3, 0.4) is 0 Å². The van der Waals surface area contributed by atoms with E-state index in [0.29, 0.717) is 6.42 Å². The van der Waals surface area contributed by atoms with Crippen molar-refractivity contribution in [1.82, 2.24) is 10.6 Å². The molecule has 5 N–H and O–H groups in total. The molecule has 8 nitrogen and oxygen atoms in total. The summed E-state index contributed by atoms with van der Waals surface area (Å²) in [6.45, 7) is 2.02. The number of carbonyl (C=O) groups excluding carboxylic acids is 2. The molecule has 0 aromatic heterocycles. The number of hydrogen-bond donors (Lipinski definition) is 4. The van der Waals surface area contributed by atoms with E-state index in [0.717, 1.165) is 6.42 Å². The fraction of sp³-hybridized carbons (Fsp3) is 0.700. The predicted octanol–water partition coefficient (Wildman–Crippen LogP) is -0.118. The summed E-state index contributed by atoms with van der Waals surface area (Å²) in [6.07, 6.45) is 0.318. The number of carboxylic acid groups (broad SMARTS) is 1. The fourth-order valence-corrected chi connectivity index (χ4v) is 1.26. The predicted molar refractivity (Wildman–Crippen MR) is 63.0 cm³/mol. The Balaban J connectivity index is 3.73. The molecule has 0 aliphatic heterocycles. The molecular formula is C10H19N3O5. The van der Waals surface area contributed by atoms with Gasteiger partial charge in [0.25, 0.3) is 0 Å². The van der Waals surface area contributed by atoms with Crippen LogP contribution in [0.1, 0.15) is 19.8 Å². The van der Waals surface area contributed by atoms with E-state index in [1.165, 1.54) is 0 Å². The molecule has 3 amide bonds. The topological polar surface area (TPSA) is 131 Å². The van der Waals surface area contributed by atoms with E-state index < -0.39 is 24.0 Å². The molecule has 0 heterocycles. The number of urea groups is 1. The normalized spacial score (nSPS) is 11.4. The first-order valence-electron chi connectivity index (χ1n) is 5.64. The third kappa shape index (κ3) is 8.20. The molecule has 0 spiro atoms. The lowest BCUT2D eigenvalue weighted by molar-refractivity contribution is -0.141. The lowest BCUT2D eigenvalue weighted by atomic mass is 10.0. The van der Waals surface area contributed by atoms with E-state index in [-0.39, 0.29) is 19.7 Å². The Morgan fingerprint density at radius 3 is 2.50 bits per heavy atom. The van der Waals surface area contributed by atoms with Gasteiger partial charge in [-0.1, -0.05) is 13.3 Å². The van der Waals surface area contributed by atoms with Gasteiger partial charge in [0.15, 0.2) is 0 Å². The van der Waals surface area contributed by atoms with E-state index in [4.69, 9.17) is 10.8 Å². The van der Waals surface area contributed by atoms with Crippen LogP contribution < -0.4 is 16.4 Å².